The van der Waals surface area contributed by atoms with Gasteiger partial charge in [0.25, 0.3) is 0 Å². The molecule has 0 bridgehead atoms. The second kappa shape index (κ2) is 5.40. The van der Waals surface area contributed by atoms with E-state index in [1.54, 1.807) is 11.8 Å². The van der Waals surface area contributed by atoms with E-state index in [2.05, 4.69) is 4.99 Å². The quantitative estimate of drug-likeness (QED) is 0.729. The van der Waals surface area contributed by atoms with Gasteiger partial charge in [0, 0.05) is 30.8 Å². The molecule has 2 heterocycles. The summed E-state index contributed by atoms with van der Waals surface area (Å²) in [5.41, 5.74) is -0.147. The highest BCUT2D eigenvalue weighted by Crippen LogP contribution is 2.18. The SMILES string of the molecule is O=C(O)C1=CN(N2CCSCC2)C(C(=O)O)C=N1. The summed E-state index contributed by atoms with van der Waals surface area (Å²) in [5, 5.41) is 21.3. The van der Waals surface area contributed by atoms with E-state index in [1.807, 2.05) is 5.01 Å². The number of nitrogens with zero attached hydrogens (tertiary/aromatic N) is 3. The van der Waals surface area contributed by atoms with E-state index in [9.17, 15) is 9.59 Å². The van der Waals surface area contributed by atoms with Crippen molar-refractivity contribution < 1.29 is 19.8 Å². The molecule has 0 aromatic heterocycles. The minimum atomic E-state index is -1.16. The summed E-state index contributed by atoms with van der Waals surface area (Å²) in [6.45, 7) is 1.40. The Morgan fingerprint density at radius 3 is 2.56 bits per heavy atom. The lowest BCUT2D eigenvalue weighted by Gasteiger charge is -2.39. The van der Waals surface area contributed by atoms with Gasteiger partial charge in [-0.25, -0.2) is 19.6 Å². The number of carboxylic acid groups (broad SMARTS) is 2. The zero-order chi connectivity index (χ0) is 13.1. The number of thioether (sulfide) groups is 1. The molecule has 0 aromatic carbocycles. The fraction of sp³-hybridized carbons (Fsp3) is 0.500. The molecule has 0 spiro atoms. The van der Waals surface area contributed by atoms with Crippen molar-refractivity contribution in [1.82, 2.24) is 10.0 Å². The summed E-state index contributed by atoms with van der Waals surface area (Å²) < 4.78 is 0. The lowest BCUT2D eigenvalue weighted by Crippen LogP contribution is -2.53. The highest BCUT2D eigenvalue weighted by molar-refractivity contribution is 7.99. The summed E-state index contributed by atoms with van der Waals surface area (Å²) in [7, 11) is 0. The van der Waals surface area contributed by atoms with Crippen molar-refractivity contribution in [1.29, 1.82) is 0 Å². The Labute approximate surface area is 108 Å². The zero-order valence-electron chi connectivity index (χ0n) is 9.52. The molecule has 0 amide bonds. The standard InChI is InChI=1S/C10H13N3O4S/c14-9(15)7-6-13(8(5-11-7)10(16)17)12-1-3-18-4-2-12/h5-6,8H,1-4H2,(H,14,15)(H,16,17). The Balaban J connectivity index is 2.22. The summed E-state index contributed by atoms with van der Waals surface area (Å²) in [4.78, 5) is 25.7. The first-order chi connectivity index (χ1) is 8.59. The van der Waals surface area contributed by atoms with Crippen LogP contribution in [0.25, 0.3) is 0 Å². The van der Waals surface area contributed by atoms with Gasteiger partial charge < -0.3 is 10.2 Å². The molecule has 7 nitrogen and oxygen atoms in total. The third-order valence-electron chi connectivity index (χ3n) is 2.68. The lowest BCUT2D eigenvalue weighted by molar-refractivity contribution is -0.145. The van der Waals surface area contributed by atoms with Gasteiger partial charge in [0.05, 0.1) is 6.20 Å². The summed E-state index contributed by atoms with van der Waals surface area (Å²) in [6, 6.07) is -0.934. The molecular weight excluding hydrogens is 258 g/mol. The smallest absolute Gasteiger partial charge is 0.356 e. The predicted octanol–water partition coefficient (Wildman–Crippen LogP) is -0.284. The highest BCUT2D eigenvalue weighted by Gasteiger charge is 2.31. The van der Waals surface area contributed by atoms with E-state index >= 15 is 0 Å². The van der Waals surface area contributed by atoms with Gasteiger partial charge in [-0.2, -0.15) is 11.8 Å². The number of hydrogen-bond acceptors (Lipinski definition) is 6. The molecule has 0 radical (unpaired) electrons. The maximum absolute atomic E-state index is 11.1. The molecule has 18 heavy (non-hydrogen) atoms. The average Bonchev–Trinajstić information content (AvgIpc) is 2.39. The minimum absolute atomic E-state index is 0.147. The van der Waals surface area contributed by atoms with Gasteiger partial charge in [0.15, 0.2) is 11.7 Å². The first kappa shape index (κ1) is 12.9. The van der Waals surface area contributed by atoms with Crippen LogP contribution in [-0.4, -0.2) is 69.0 Å². The topological polar surface area (TPSA) is 93.4 Å². The van der Waals surface area contributed by atoms with E-state index in [4.69, 9.17) is 10.2 Å². The normalized spacial score (nSPS) is 24.8. The fourth-order valence-electron chi connectivity index (χ4n) is 1.79. The Bertz CT molecular complexity index is 417. The van der Waals surface area contributed by atoms with Crippen molar-refractivity contribution in [3.8, 4) is 0 Å². The fourth-order valence-corrected chi connectivity index (χ4v) is 2.67. The number of hydrazine groups is 1. The van der Waals surface area contributed by atoms with Crippen molar-refractivity contribution in [3.63, 3.8) is 0 Å². The Kier molecular flexibility index (Phi) is 3.87. The third kappa shape index (κ3) is 2.65. The van der Waals surface area contributed by atoms with E-state index in [0.29, 0.717) is 13.1 Å². The summed E-state index contributed by atoms with van der Waals surface area (Å²) >= 11 is 1.79. The van der Waals surface area contributed by atoms with E-state index < -0.39 is 18.0 Å². The number of rotatable bonds is 3. The average molecular weight is 271 g/mol. The molecule has 0 aliphatic carbocycles. The van der Waals surface area contributed by atoms with E-state index in [0.717, 1.165) is 17.7 Å². The largest absolute Gasteiger partial charge is 0.479 e. The van der Waals surface area contributed by atoms with Crippen LogP contribution < -0.4 is 0 Å². The van der Waals surface area contributed by atoms with Crippen molar-refractivity contribution in [2.75, 3.05) is 24.6 Å². The van der Waals surface area contributed by atoms with Gasteiger partial charge in [-0.1, -0.05) is 0 Å². The molecule has 1 fully saturated rings. The van der Waals surface area contributed by atoms with Gasteiger partial charge in [-0.3, -0.25) is 5.01 Å². The lowest BCUT2D eigenvalue weighted by atomic mass is 10.2. The van der Waals surface area contributed by atoms with Crippen LogP contribution in [0, 0.1) is 0 Å². The monoisotopic (exact) mass is 271 g/mol. The molecule has 2 aliphatic heterocycles. The second-order valence-corrected chi connectivity index (χ2v) is 5.05. The first-order valence-electron chi connectivity index (χ1n) is 5.42. The molecule has 2 N–H and O–H groups in total. The summed E-state index contributed by atoms with van der Waals surface area (Å²) in [5.74, 6) is -0.406. The van der Waals surface area contributed by atoms with E-state index in [-0.39, 0.29) is 5.70 Å². The van der Waals surface area contributed by atoms with Crippen LogP contribution in [-0.2, 0) is 9.59 Å². The van der Waals surface area contributed by atoms with Gasteiger partial charge in [0.2, 0.25) is 0 Å². The molecule has 1 unspecified atom stereocenters. The van der Waals surface area contributed by atoms with Crippen LogP contribution >= 0.6 is 11.8 Å². The van der Waals surface area contributed by atoms with Gasteiger partial charge in [0.1, 0.15) is 0 Å². The molecule has 2 rings (SSSR count). The highest BCUT2D eigenvalue weighted by atomic mass is 32.2. The molecule has 2 aliphatic rings. The molecule has 1 saturated heterocycles. The van der Waals surface area contributed by atoms with Crippen molar-refractivity contribution >= 4 is 29.9 Å². The minimum Gasteiger partial charge on any atom is -0.479 e. The van der Waals surface area contributed by atoms with E-state index in [1.165, 1.54) is 11.2 Å². The number of aliphatic carboxylic acids is 2. The predicted molar refractivity (Wildman–Crippen MR) is 66.4 cm³/mol. The first-order valence-corrected chi connectivity index (χ1v) is 6.58. The van der Waals surface area contributed by atoms with Crippen LogP contribution in [0.15, 0.2) is 16.9 Å². The second-order valence-electron chi connectivity index (χ2n) is 3.83. The van der Waals surface area contributed by atoms with Crippen LogP contribution in [0.4, 0.5) is 0 Å². The van der Waals surface area contributed by atoms with Crippen LogP contribution in [0.1, 0.15) is 0 Å². The Hall–Kier alpha value is -1.54. The molecule has 0 aromatic rings. The molecule has 98 valence electrons. The number of aliphatic imine (C=N–C) groups is 1. The van der Waals surface area contributed by atoms with Crippen molar-refractivity contribution in [2.45, 2.75) is 6.04 Å². The third-order valence-corrected chi connectivity index (χ3v) is 3.62. The van der Waals surface area contributed by atoms with Gasteiger partial charge >= 0.3 is 11.9 Å². The van der Waals surface area contributed by atoms with Crippen LogP contribution in [0.3, 0.4) is 0 Å². The zero-order valence-corrected chi connectivity index (χ0v) is 10.3. The molecule has 8 heteroatoms. The Morgan fingerprint density at radius 1 is 1.33 bits per heavy atom. The van der Waals surface area contributed by atoms with Crippen LogP contribution in [0.2, 0.25) is 0 Å². The maximum atomic E-state index is 11.1. The summed E-state index contributed by atoms with van der Waals surface area (Å²) in [6.07, 6.45) is 2.45. The van der Waals surface area contributed by atoms with Crippen molar-refractivity contribution in [3.05, 3.63) is 11.9 Å². The molecule has 0 saturated carbocycles. The number of carbonyl (C=O) groups is 2. The molecular formula is C10H13N3O4S. The number of hydrogen-bond donors (Lipinski definition) is 2. The van der Waals surface area contributed by atoms with Crippen molar-refractivity contribution in [2.24, 2.45) is 4.99 Å². The Morgan fingerprint density at radius 2 is 2.00 bits per heavy atom. The van der Waals surface area contributed by atoms with Crippen LogP contribution in [0.5, 0.6) is 0 Å². The number of carboxylic acids is 2. The maximum Gasteiger partial charge on any atom is 0.356 e. The van der Waals surface area contributed by atoms with Gasteiger partial charge in [-0.05, 0) is 0 Å². The van der Waals surface area contributed by atoms with Gasteiger partial charge in [-0.15, -0.1) is 0 Å². The molecule has 1 atom stereocenters.